The lowest BCUT2D eigenvalue weighted by molar-refractivity contribution is -0.150. The Hall–Kier alpha value is -1.97. The highest BCUT2D eigenvalue weighted by atomic mass is 16.6. The average molecular weight is 397 g/mol. The van der Waals surface area contributed by atoms with Crippen molar-refractivity contribution in [2.75, 3.05) is 12.3 Å². The molecule has 4 atom stereocenters. The van der Waals surface area contributed by atoms with Gasteiger partial charge in [-0.25, -0.2) is 4.79 Å². The number of ether oxygens (including phenoxy) is 2. The summed E-state index contributed by atoms with van der Waals surface area (Å²) in [6.45, 7) is 1.98. The van der Waals surface area contributed by atoms with Gasteiger partial charge in [0.05, 0.1) is 0 Å². The van der Waals surface area contributed by atoms with E-state index in [1.54, 1.807) is 0 Å². The highest BCUT2D eigenvalue weighted by Gasteiger charge is 2.44. The molecule has 2 rings (SSSR count). The third-order valence-corrected chi connectivity index (χ3v) is 4.86. The van der Waals surface area contributed by atoms with Crippen molar-refractivity contribution < 1.29 is 24.5 Å². The van der Waals surface area contributed by atoms with E-state index in [1.807, 2.05) is 0 Å². The molecular weight excluding hydrogens is 366 g/mol. The molecule has 0 amide bonds. The van der Waals surface area contributed by atoms with Crippen molar-refractivity contribution >= 4 is 11.8 Å². The Kier molecular flexibility index (Phi) is 8.88. The summed E-state index contributed by atoms with van der Waals surface area (Å²) in [6, 6.07) is 1.39. The Morgan fingerprint density at radius 3 is 2.57 bits per heavy atom. The summed E-state index contributed by atoms with van der Waals surface area (Å²) in [5, 5.41) is 20.3. The molecule has 4 N–H and O–H groups in total. The molecule has 1 aliphatic rings. The van der Waals surface area contributed by atoms with E-state index in [0.29, 0.717) is 6.42 Å². The van der Waals surface area contributed by atoms with E-state index in [2.05, 4.69) is 11.9 Å². The number of hydrogen-bond donors (Lipinski definition) is 3. The SMILES string of the molecule is CCCCCCCCCC(=O)OC[C@H]1O[C@@H](n2ccc(N)nc2=O)[C@@H](O)[C@@H]1O. The molecule has 0 bridgehead atoms. The normalized spacial score (nSPS) is 24.4. The van der Waals surface area contributed by atoms with Crippen LogP contribution in [0.5, 0.6) is 0 Å². The smallest absolute Gasteiger partial charge is 0.351 e. The summed E-state index contributed by atoms with van der Waals surface area (Å²) in [7, 11) is 0. The minimum Gasteiger partial charge on any atom is -0.463 e. The number of unbranched alkanes of at least 4 members (excludes halogenated alkanes) is 6. The Balaban J connectivity index is 1.74. The van der Waals surface area contributed by atoms with Crippen LogP contribution < -0.4 is 11.4 Å². The number of esters is 1. The Morgan fingerprint density at radius 1 is 1.21 bits per heavy atom. The minimum atomic E-state index is -1.35. The van der Waals surface area contributed by atoms with Crippen molar-refractivity contribution in [3.63, 3.8) is 0 Å². The molecule has 0 radical (unpaired) electrons. The zero-order valence-electron chi connectivity index (χ0n) is 16.3. The number of carbonyl (C=O) groups excluding carboxylic acids is 1. The predicted octanol–water partition coefficient (Wildman–Crippen LogP) is 1.13. The number of rotatable bonds is 11. The number of hydrogen-bond acceptors (Lipinski definition) is 8. The topological polar surface area (TPSA) is 137 Å². The first-order valence-electron chi connectivity index (χ1n) is 9.96. The maximum atomic E-state index is 11.9. The third kappa shape index (κ3) is 6.29. The van der Waals surface area contributed by atoms with Crippen LogP contribution in [-0.2, 0) is 14.3 Å². The molecule has 9 nitrogen and oxygen atoms in total. The molecule has 1 aromatic heterocycles. The second-order valence-corrected chi connectivity index (χ2v) is 7.14. The predicted molar refractivity (Wildman–Crippen MR) is 102 cm³/mol. The fraction of sp³-hybridized carbons (Fsp3) is 0.737. The Labute approximate surface area is 164 Å². The van der Waals surface area contributed by atoms with Crippen LogP contribution >= 0.6 is 0 Å². The van der Waals surface area contributed by atoms with Gasteiger partial charge in [0.25, 0.3) is 0 Å². The number of aliphatic hydroxyl groups is 2. The lowest BCUT2D eigenvalue weighted by Crippen LogP contribution is -2.36. The van der Waals surface area contributed by atoms with Gasteiger partial charge in [0.1, 0.15) is 30.7 Å². The van der Waals surface area contributed by atoms with E-state index in [9.17, 15) is 19.8 Å². The maximum absolute atomic E-state index is 11.9. The first kappa shape index (κ1) is 22.3. The maximum Gasteiger partial charge on any atom is 0.351 e. The van der Waals surface area contributed by atoms with Crippen molar-refractivity contribution in [1.29, 1.82) is 0 Å². The molecule has 0 aliphatic carbocycles. The molecular formula is C19H31N3O6. The zero-order valence-corrected chi connectivity index (χ0v) is 16.3. The number of nitrogens with zero attached hydrogens (tertiary/aromatic N) is 2. The second-order valence-electron chi connectivity index (χ2n) is 7.14. The van der Waals surface area contributed by atoms with Crippen LogP contribution in [0.1, 0.15) is 64.5 Å². The summed E-state index contributed by atoms with van der Waals surface area (Å²) >= 11 is 0. The van der Waals surface area contributed by atoms with Crippen LogP contribution in [0, 0.1) is 0 Å². The monoisotopic (exact) mass is 397 g/mol. The second kappa shape index (κ2) is 11.1. The van der Waals surface area contributed by atoms with Gasteiger partial charge in [0.2, 0.25) is 0 Å². The van der Waals surface area contributed by atoms with E-state index in [-0.39, 0.29) is 18.4 Å². The number of nitrogen functional groups attached to an aromatic ring is 1. The van der Waals surface area contributed by atoms with Gasteiger partial charge < -0.3 is 25.4 Å². The van der Waals surface area contributed by atoms with Crippen LogP contribution in [0.2, 0.25) is 0 Å². The highest BCUT2D eigenvalue weighted by molar-refractivity contribution is 5.69. The summed E-state index contributed by atoms with van der Waals surface area (Å²) < 4.78 is 11.7. The van der Waals surface area contributed by atoms with Gasteiger partial charge in [-0.15, -0.1) is 0 Å². The zero-order chi connectivity index (χ0) is 20.5. The van der Waals surface area contributed by atoms with Crippen LogP contribution in [0.25, 0.3) is 0 Å². The number of aromatic nitrogens is 2. The van der Waals surface area contributed by atoms with Crippen LogP contribution in [-0.4, -0.2) is 50.7 Å². The highest BCUT2D eigenvalue weighted by Crippen LogP contribution is 2.28. The van der Waals surface area contributed by atoms with E-state index in [0.717, 1.165) is 23.8 Å². The van der Waals surface area contributed by atoms with Gasteiger partial charge in [-0.2, -0.15) is 4.98 Å². The van der Waals surface area contributed by atoms with E-state index >= 15 is 0 Å². The largest absolute Gasteiger partial charge is 0.463 e. The van der Waals surface area contributed by atoms with Crippen molar-refractivity contribution in [1.82, 2.24) is 9.55 Å². The molecule has 1 fully saturated rings. The van der Waals surface area contributed by atoms with Gasteiger partial charge in [-0.3, -0.25) is 9.36 Å². The standard InChI is InChI=1S/C19H31N3O6/c1-2-3-4-5-6-7-8-9-15(23)27-12-13-16(24)17(25)18(28-13)22-11-10-14(20)21-19(22)26/h10-11,13,16-18,24-25H,2-9,12H2,1H3,(H2,20,21,26)/t13-,16-,17+,18-/m1/s1. The third-order valence-electron chi connectivity index (χ3n) is 4.86. The van der Waals surface area contributed by atoms with Gasteiger partial charge in [0, 0.05) is 12.6 Å². The first-order valence-corrected chi connectivity index (χ1v) is 9.96. The van der Waals surface area contributed by atoms with Gasteiger partial charge in [-0.1, -0.05) is 45.4 Å². The van der Waals surface area contributed by atoms with E-state index in [4.69, 9.17) is 15.2 Å². The van der Waals surface area contributed by atoms with Gasteiger partial charge >= 0.3 is 11.7 Å². The molecule has 158 valence electrons. The van der Waals surface area contributed by atoms with Crippen molar-refractivity contribution in [3.8, 4) is 0 Å². The molecule has 9 heteroatoms. The molecule has 1 aliphatic heterocycles. The fourth-order valence-corrected chi connectivity index (χ4v) is 3.19. The van der Waals surface area contributed by atoms with Crippen LogP contribution in [0.15, 0.2) is 17.1 Å². The van der Waals surface area contributed by atoms with Crippen molar-refractivity contribution in [3.05, 3.63) is 22.7 Å². The molecule has 2 heterocycles. The fourth-order valence-electron chi connectivity index (χ4n) is 3.19. The van der Waals surface area contributed by atoms with E-state index in [1.165, 1.54) is 37.9 Å². The Bertz CT molecular complexity index is 680. The van der Waals surface area contributed by atoms with Gasteiger partial charge in [-0.05, 0) is 12.5 Å². The van der Waals surface area contributed by atoms with Crippen molar-refractivity contribution in [2.24, 2.45) is 0 Å². The molecule has 0 spiro atoms. The van der Waals surface area contributed by atoms with Crippen molar-refractivity contribution in [2.45, 2.75) is 82.8 Å². The molecule has 0 saturated carbocycles. The molecule has 1 saturated heterocycles. The minimum absolute atomic E-state index is 0.0464. The number of anilines is 1. The quantitative estimate of drug-likeness (QED) is 0.373. The lowest BCUT2D eigenvalue weighted by atomic mass is 10.1. The number of carbonyl (C=O) groups is 1. The summed E-state index contributed by atoms with van der Waals surface area (Å²) in [4.78, 5) is 27.3. The lowest BCUT2D eigenvalue weighted by Gasteiger charge is -2.16. The summed E-state index contributed by atoms with van der Waals surface area (Å²) in [5.74, 6) is -0.321. The average Bonchev–Trinajstić information content (AvgIpc) is 2.94. The molecule has 0 aromatic carbocycles. The van der Waals surface area contributed by atoms with Crippen LogP contribution in [0.3, 0.4) is 0 Å². The molecule has 28 heavy (non-hydrogen) atoms. The Morgan fingerprint density at radius 2 is 1.89 bits per heavy atom. The molecule has 0 unspecified atom stereocenters. The molecule has 1 aromatic rings. The van der Waals surface area contributed by atoms with Crippen LogP contribution in [0.4, 0.5) is 5.82 Å². The first-order chi connectivity index (χ1) is 13.4. The number of aliphatic hydroxyl groups excluding tert-OH is 2. The summed E-state index contributed by atoms with van der Waals surface area (Å²) in [5.41, 5.74) is 4.74. The summed E-state index contributed by atoms with van der Waals surface area (Å²) in [6.07, 6.45) is 4.67. The number of nitrogens with two attached hydrogens (primary N) is 1. The van der Waals surface area contributed by atoms with E-state index < -0.39 is 30.2 Å². The van der Waals surface area contributed by atoms with Gasteiger partial charge in [0.15, 0.2) is 6.23 Å².